The van der Waals surface area contributed by atoms with Gasteiger partial charge in [0, 0.05) is 30.3 Å². The van der Waals surface area contributed by atoms with Crippen LogP contribution in [0.3, 0.4) is 0 Å². The number of likely N-dealkylation sites (tertiary alicyclic amines) is 1. The van der Waals surface area contributed by atoms with Crippen LogP contribution in [0.2, 0.25) is 0 Å². The molecule has 0 bridgehead atoms. The van der Waals surface area contributed by atoms with Gasteiger partial charge in [0.1, 0.15) is 0 Å². The normalized spacial score (nSPS) is 16.9. The van der Waals surface area contributed by atoms with Gasteiger partial charge in [0.05, 0.1) is 0 Å². The molecule has 24 heavy (non-hydrogen) atoms. The van der Waals surface area contributed by atoms with Gasteiger partial charge in [-0.2, -0.15) is 0 Å². The average molecular weight is 322 g/mol. The van der Waals surface area contributed by atoms with E-state index in [1.807, 2.05) is 4.90 Å². The van der Waals surface area contributed by atoms with E-state index in [1.165, 1.54) is 18.1 Å². The second kappa shape index (κ2) is 6.87. The van der Waals surface area contributed by atoms with Crippen molar-refractivity contribution >= 4 is 17.5 Å². The van der Waals surface area contributed by atoms with Crippen molar-refractivity contribution in [2.75, 3.05) is 18.4 Å². The van der Waals surface area contributed by atoms with Crippen LogP contribution < -0.4 is 5.32 Å². The van der Waals surface area contributed by atoms with Gasteiger partial charge in [-0.15, -0.1) is 0 Å². The molecule has 0 aliphatic carbocycles. The summed E-state index contributed by atoms with van der Waals surface area (Å²) in [6.07, 6.45) is 0.976. The molecule has 1 aliphatic heterocycles. The van der Waals surface area contributed by atoms with Gasteiger partial charge in [0.15, 0.2) is 5.78 Å². The third-order valence-corrected chi connectivity index (χ3v) is 4.54. The first-order chi connectivity index (χ1) is 11.5. The maximum atomic E-state index is 12.5. The summed E-state index contributed by atoms with van der Waals surface area (Å²) in [4.78, 5) is 25.7. The lowest BCUT2D eigenvalue weighted by Gasteiger charge is -2.18. The smallest absolute Gasteiger partial charge is 0.321 e. The maximum absolute atomic E-state index is 12.5. The summed E-state index contributed by atoms with van der Waals surface area (Å²) in [7, 11) is 0. The molecular formula is C20H22N2O2. The van der Waals surface area contributed by atoms with Crippen LogP contribution in [0.1, 0.15) is 40.7 Å². The van der Waals surface area contributed by atoms with Crippen molar-refractivity contribution in [2.45, 2.75) is 26.2 Å². The number of amides is 2. The van der Waals surface area contributed by atoms with Crippen molar-refractivity contribution < 1.29 is 9.59 Å². The largest absolute Gasteiger partial charge is 0.324 e. The minimum absolute atomic E-state index is 0.00768. The summed E-state index contributed by atoms with van der Waals surface area (Å²) in [5, 5.41) is 2.90. The molecule has 4 heteroatoms. The fraction of sp³-hybridized carbons (Fsp3) is 0.300. The number of hydrogen-bond acceptors (Lipinski definition) is 2. The van der Waals surface area contributed by atoms with E-state index in [1.54, 1.807) is 24.3 Å². The molecule has 1 atom stereocenters. The molecule has 124 valence electrons. The number of ketones is 1. The summed E-state index contributed by atoms with van der Waals surface area (Å²) in [6.45, 7) is 5.07. The Balaban J connectivity index is 1.63. The van der Waals surface area contributed by atoms with E-state index in [9.17, 15) is 9.59 Å². The number of carbonyl (C=O) groups is 2. The van der Waals surface area contributed by atoms with E-state index in [2.05, 4.69) is 36.5 Å². The number of nitrogens with zero attached hydrogens (tertiary/aromatic N) is 1. The van der Waals surface area contributed by atoms with E-state index in [4.69, 9.17) is 0 Å². The zero-order chi connectivity index (χ0) is 17.1. The molecule has 0 aromatic heterocycles. The lowest BCUT2D eigenvalue weighted by atomic mass is 9.98. The van der Waals surface area contributed by atoms with E-state index in [0.29, 0.717) is 17.2 Å². The molecule has 0 unspecified atom stereocenters. The highest BCUT2D eigenvalue weighted by atomic mass is 16.2. The van der Waals surface area contributed by atoms with Gasteiger partial charge in [0.25, 0.3) is 0 Å². The van der Waals surface area contributed by atoms with Crippen molar-refractivity contribution in [2.24, 2.45) is 0 Å². The van der Waals surface area contributed by atoms with Gasteiger partial charge in [-0.25, -0.2) is 4.79 Å². The Morgan fingerprint density at radius 3 is 2.58 bits per heavy atom. The Bertz CT molecular complexity index is 752. The second-order valence-corrected chi connectivity index (χ2v) is 6.41. The highest BCUT2D eigenvalue weighted by molar-refractivity contribution is 5.96. The minimum atomic E-state index is -0.106. The van der Waals surface area contributed by atoms with Crippen LogP contribution in [0.5, 0.6) is 0 Å². The number of anilines is 1. The monoisotopic (exact) mass is 322 g/mol. The van der Waals surface area contributed by atoms with Gasteiger partial charge >= 0.3 is 6.03 Å². The molecule has 4 nitrogen and oxygen atoms in total. The predicted molar refractivity (Wildman–Crippen MR) is 95.6 cm³/mol. The average Bonchev–Trinajstić information content (AvgIpc) is 3.06. The van der Waals surface area contributed by atoms with Crippen LogP contribution >= 0.6 is 0 Å². The van der Waals surface area contributed by atoms with Gasteiger partial charge in [-0.05, 0) is 38.0 Å². The van der Waals surface area contributed by atoms with Crippen molar-refractivity contribution in [3.8, 4) is 0 Å². The third-order valence-electron chi connectivity index (χ3n) is 4.54. The van der Waals surface area contributed by atoms with E-state index < -0.39 is 0 Å². The Hall–Kier alpha value is -2.62. The maximum Gasteiger partial charge on any atom is 0.321 e. The minimum Gasteiger partial charge on any atom is -0.324 e. The zero-order valence-electron chi connectivity index (χ0n) is 14.1. The van der Waals surface area contributed by atoms with Crippen molar-refractivity contribution in [1.82, 2.24) is 4.90 Å². The lowest BCUT2D eigenvalue weighted by molar-refractivity contribution is 0.101. The van der Waals surface area contributed by atoms with E-state index >= 15 is 0 Å². The van der Waals surface area contributed by atoms with Crippen molar-refractivity contribution in [3.05, 3.63) is 65.2 Å². The Kier molecular flexibility index (Phi) is 4.65. The molecule has 0 saturated carbocycles. The Morgan fingerprint density at radius 1 is 1.12 bits per heavy atom. The Morgan fingerprint density at radius 2 is 1.88 bits per heavy atom. The van der Waals surface area contributed by atoms with Crippen LogP contribution in [0, 0.1) is 6.92 Å². The number of urea groups is 1. The van der Waals surface area contributed by atoms with Crippen molar-refractivity contribution in [1.29, 1.82) is 0 Å². The Labute approximate surface area is 142 Å². The molecule has 0 radical (unpaired) electrons. The fourth-order valence-electron chi connectivity index (χ4n) is 3.07. The first-order valence-electron chi connectivity index (χ1n) is 8.26. The molecule has 2 amide bonds. The molecule has 1 saturated heterocycles. The number of Topliss-reactive ketones (excluding diaryl/α,β-unsaturated/α-hetero) is 1. The first-order valence-corrected chi connectivity index (χ1v) is 8.26. The molecule has 0 spiro atoms. The highest BCUT2D eigenvalue weighted by Gasteiger charge is 2.27. The van der Waals surface area contributed by atoms with E-state index in [-0.39, 0.29) is 11.8 Å². The first kappa shape index (κ1) is 16.2. The summed E-state index contributed by atoms with van der Waals surface area (Å²) >= 11 is 0. The number of carbonyl (C=O) groups excluding carboxylic acids is 2. The van der Waals surface area contributed by atoms with Crippen LogP contribution in [0.25, 0.3) is 0 Å². The van der Waals surface area contributed by atoms with Crippen LogP contribution in [-0.2, 0) is 0 Å². The third kappa shape index (κ3) is 3.65. The second-order valence-electron chi connectivity index (χ2n) is 6.41. The standard InChI is InChI=1S/C20H22N2O2/c1-14-6-8-16(9-7-14)18-10-11-22(13-18)20(24)21-19-5-3-4-17(12-19)15(2)23/h3-9,12,18H,10-11,13H2,1-2H3,(H,21,24)/t18-/m0/s1. The number of hydrogen-bond donors (Lipinski definition) is 1. The molecule has 1 fully saturated rings. The summed E-state index contributed by atoms with van der Waals surface area (Å²) in [5.41, 5.74) is 3.80. The van der Waals surface area contributed by atoms with Crippen LogP contribution in [-0.4, -0.2) is 29.8 Å². The number of rotatable bonds is 3. The predicted octanol–water partition coefficient (Wildman–Crippen LogP) is 4.22. The SMILES string of the molecule is CC(=O)c1cccc(NC(=O)N2CC[C@H](c3ccc(C)cc3)C2)c1. The number of nitrogens with one attached hydrogen (secondary N) is 1. The van der Waals surface area contributed by atoms with Gasteiger partial charge < -0.3 is 10.2 Å². The van der Waals surface area contributed by atoms with Gasteiger partial charge in [0.2, 0.25) is 0 Å². The number of aryl methyl sites for hydroxylation is 1. The summed E-state index contributed by atoms with van der Waals surface area (Å²) in [5.74, 6) is 0.381. The molecule has 1 N–H and O–H groups in total. The molecule has 3 rings (SSSR count). The quantitative estimate of drug-likeness (QED) is 0.860. The fourth-order valence-corrected chi connectivity index (χ4v) is 3.07. The van der Waals surface area contributed by atoms with Gasteiger partial charge in [-0.1, -0.05) is 42.0 Å². The molecule has 1 heterocycles. The van der Waals surface area contributed by atoms with Crippen LogP contribution in [0.15, 0.2) is 48.5 Å². The zero-order valence-corrected chi connectivity index (χ0v) is 14.1. The molecular weight excluding hydrogens is 300 g/mol. The summed E-state index contributed by atoms with van der Waals surface area (Å²) < 4.78 is 0. The molecule has 2 aromatic rings. The number of benzene rings is 2. The van der Waals surface area contributed by atoms with Crippen LogP contribution in [0.4, 0.5) is 10.5 Å². The topological polar surface area (TPSA) is 49.4 Å². The van der Waals surface area contributed by atoms with Crippen molar-refractivity contribution in [3.63, 3.8) is 0 Å². The van der Waals surface area contributed by atoms with E-state index in [0.717, 1.165) is 19.5 Å². The highest BCUT2D eigenvalue weighted by Crippen LogP contribution is 2.27. The molecule has 1 aliphatic rings. The molecule has 2 aromatic carbocycles. The van der Waals surface area contributed by atoms with Gasteiger partial charge in [-0.3, -0.25) is 4.79 Å². The summed E-state index contributed by atoms with van der Waals surface area (Å²) in [6, 6.07) is 15.5. The lowest BCUT2D eigenvalue weighted by Crippen LogP contribution is -2.32.